The number of hydrogen-bond donors (Lipinski definition) is 2. The summed E-state index contributed by atoms with van der Waals surface area (Å²) in [7, 11) is 0. The van der Waals surface area contributed by atoms with Crippen molar-refractivity contribution in [3.63, 3.8) is 0 Å². The third-order valence-electron chi connectivity index (χ3n) is 2.78. The SMILES string of the molecule is Oc1cccc(Cl)c1CNc1ccccc1C(F)(F)F. The lowest BCUT2D eigenvalue weighted by molar-refractivity contribution is -0.136. The van der Waals surface area contributed by atoms with Crippen LogP contribution < -0.4 is 5.32 Å². The summed E-state index contributed by atoms with van der Waals surface area (Å²) in [4.78, 5) is 0. The number of alkyl halides is 3. The maximum atomic E-state index is 12.8. The second-order valence-corrected chi connectivity index (χ2v) is 4.54. The molecule has 0 saturated carbocycles. The molecule has 0 aliphatic carbocycles. The molecule has 2 aromatic rings. The number of phenolic OH excluding ortho intramolecular Hbond substituents is 1. The molecule has 2 nitrogen and oxygen atoms in total. The summed E-state index contributed by atoms with van der Waals surface area (Å²) in [5.41, 5.74) is -0.461. The smallest absolute Gasteiger partial charge is 0.418 e. The van der Waals surface area contributed by atoms with Crippen molar-refractivity contribution in [2.24, 2.45) is 0 Å². The molecule has 6 heteroatoms. The zero-order valence-electron chi connectivity index (χ0n) is 10.2. The Labute approximate surface area is 118 Å². The van der Waals surface area contributed by atoms with Crippen molar-refractivity contribution >= 4 is 17.3 Å². The number of rotatable bonds is 3. The highest BCUT2D eigenvalue weighted by Crippen LogP contribution is 2.35. The van der Waals surface area contributed by atoms with Crippen LogP contribution in [0.2, 0.25) is 5.02 Å². The highest BCUT2D eigenvalue weighted by atomic mass is 35.5. The van der Waals surface area contributed by atoms with Gasteiger partial charge in [-0.05, 0) is 24.3 Å². The molecule has 0 radical (unpaired) electrons. The fourth-order valence-corrected chi connectivity index (χ4v) is 2.03. The van der Waals surface area contributed by atoms with E-state index in [9.17, 15) is 18.3 Å². The van der Waals surface area contributed by atoms with Crippen LogP contribution in [-0.4, -0.2) is 5.11 Å². The van der Waals surface area contributed by atoms with Gasteiger partial charge in [0.25, 0.3) is 0 Å². The summed E-state index contributed by atoms with van der Waals surface area (Å²) < 4.78 is 38.5. The standard InChI is InChI=1S/C14H11ClF3NO/c15-11-5-3-7-13(20)9(11)8-19-12-6-2-1-4-10(12)14(16,17)18/h1-7,19-20H,8H2. The fraction of sp³-hybridized carbons (Fsp3) is 0.143. The van der Waals surface area contributed by atoms with Crippen LogP contribution in [0.15, 0.2) is 42.5 Å². The van der Waals surface area contributed by atoms with Crippen LogP contribution in [0.4, 0.5) is 18.9 Å². The minimum atomic E-state index is -4.44. The molecular formula is C14H11ClF3NO. The van der Waals surface area contributed by atoms with Crippen molar-refractivity contribution in [1.29, 1.82) is 0 Å². The minimum absolute atomic E-state index is 0.00139. The predicted octanol–water partition coefficient (Wildman–Crippen LogP) is 4.68. The van der Waals surface area contributed by atoms with Crippen molar-refractivity contribution in [2.75, 3.05) is 5.32 Å². The first-order valence-corrected chi connectivity index (χ1v) is 6.14. The van der Waals surface area contributed by atoms with Crippen molar-refractivity contribution in [3.05, 3.63) is 58.6 Å². The summed E-state index contributed by atoms with van der Waals surface area (Å²) >= 11 is 5.90. The van der Waals surface area contributed by atoms with Crippen LogP contribution >= 0.6 is 11.6 Å². The van der Waals surface area contributed by atoms with Gasteiger partial charge in [-0.3, -0.25) is 0 Å². The van der Waals surface area contributed by atoms with Gasteiger partial charge in [-0.15, -0.1) is 0 Å². The maximum absolute atomic E-state index is 12.8. The first-order valence-electron chi connectivity index (χ1n) is 5.76. The topological polar surface area (TPSA) is 32.3 Å². The monoisotopic (exact) mass is 301 g/mol. The lowest BCUT2D eigenvalue weighted by Gasteiger charge is -2.15. The molecular weight excluding hydrogens is 291 g/mol. The highest BCUT2D eigenvalue weighted by molar-refractivity contribution is 6.31. The predicted molar refractivity (Wildman–Crippen MR) is 71.9 cm³/mol. The molecule has 0 saturated heterocycles. The molecule has 0 aliphatic rings. The van der Waals surface area contributed by atoms with E-state index < -0.39 is 11.7 Å². The highest BCUT2D eigenvalue weighted by Gasteiger charge is 2.33. The first-order chi connectivity index (χ1) is 9.39. The number of aromatic hydroxyl groups is 1. The second-order valence-electron chi connectivity index (χ2n) is 4.13. The van der Waals surface area contributed by atoms with E-state index in [-0.39, 0.29) is 18.0 Å². The van der Waals surface area contributed by atoms with Crippen molar-refractivity contribution in [3.8, 4) is 5.75 Å². The number of phenols is 1. The Hall–Kier alpha value is -1.88. The Morgan fingerprint density at radius 1 is 1.05 bits per heavy atom. The normalized spacial score (nSPS) is 11.4. The quantitative estimate of drug-likeness (QED) is 0.863. The van der Waals surface area contributed by atoms with Gasteiger partial charge in [0.1, 0.15) is 5.75 Å². The molecule has 20 heavy (non-hydrogen) atoms. The molecule has 0 fully saturated rings. The zero-order chi connectivity index (χ0) is 14.8. The van der Waals surface area contributed by atoms with Crippen molar-refractivity contribution in [1.82, 2.24) is 0 Å². The number of anilines is 1. The third kappa shape index (κ3) is 3.17. The molecule has 0 unspecified atom stereocenters. The van der Waals surface area contributed by atoms with Crippen molar-refractivity contribution < 1.29 is 18.3 Å². The number of nitrogens with one attached hydrogen (secondary N) is 1. The van der Waals surface area contributed by atoms with Gasteiger partial charge < -0.3 is 10.4 Å². The Morgan fingerprint density at radius 2 is 1.75 bits per heavy atom. The maximum Gasteiger partial charge on any atom is 0.418 e. The number of para-hydroxylation sites is 1. The second kappa shape index (κ2) is 5.63. The van der Waals surface area contributed by atoms with E-state index in [0.717, 1.165) is 6.07 Å². The van der Waals surface area contributed by atoms with Crippen molar-refractivity contribution in [2.45, 2.75) is 12.7 Å². The van der Waals surface area contributed by atoms with E-state index >= 15 is 0 Å². The molecule has 106 valence electrons. The molecule has 2 aromatic carbocycles. The molecule has 0 heterocycles. The number of benzene rings is 2. The molecule has 0 aliphatic heterocycles. The van der Waals surface area contributed by atoms with E-state index in [1.165, 1.54) is 24.3 Å². The molecule has 0 bridgehead atoms. The van der Waals surface area contributed by atoms with Crippen LogP contribution in [0.5, 0.6) is 5.75 Å². The Balaban J connectivity index is 2.24. The van der Waals surface area contributed by atoms with E-state index in [2.05, 4.69) is 5.32 Å². The Kier molecular flexibility index (Phi) is 4.09. The van der Waals surface area contributed by atoms with Gasteiger partial charge in [-0.1, -0.05) is 29.8 Å². The lowest BCUT2D eigenvalue weighted by Crippen LogP contribution is -2.10. The van der Waals surface area contributed by atoms with Gasteiger partial charge in [-0.25, -0.2) is 0 Å². The Bertz CT molecular complexity index is 593. The van der Waals surface area contributed by atoms with Crippen LogP contribution in [0.3, 0.4) is 0 Å². The van der Waals surface area contributed by atoms with Crippen LogP contribution in [0, 0.1) is 0 Å². The minimum Gasteiger partial charge on any atom is -0.508 e. The number of hydrogen-bond acceptors (Lipinski definition) is 2. The van der Waals surface area contributed by atoms with Gasteiger partial charge in [-0.2, -0.15) is 13.2 Å². The molecule has 0 amide bonds. The largest absolute Gasteiger partial charge is 0.508 e. The lowest BCUT2D eigenvalue weighted by atomic mass is 10.1. The summed E-state index contributed by atoms with van der Waals surface area (Å²) in [5.74, 6) is -0.0607. The van der Waals surface area contributed by atoms with Gasteiger partial charge in [0.2, 0.25) is 0 Å². The fourth-order valence-electron chi connectivity index (χ4n) is 1.79. The van der Waals surface area contributed by atoms with Crippen LogP contribution in [-0.2, 0) is 12.7 Å². The summed E-state index contributed by atoms with van der Waals surface area (Å²) in [6.45, 7) is -0.00139. The van der Waals surface area contributed by atoms with Gasteiger partial charge in [0, 0.05) is 22.8 Å². The summed E-state index contributed by atoms with van der Waals surface area (Å²) in [6, 6.07) is 9.70. The summed E-state index contributed by atoms with van der Waals surface area (Å²) in [5, 5.41) is 12.6. The van der Waals surface area contributed by atoms with E-state index in [1.807, 2.05) is 0 Å². The average Bonchev–Trinajstić information content (AvgIpc) is 2.37. The summed E-state index contributed by atoms with van der Waals surface area (Å²) in [6.07, 6.45) is -4.44. The molecule has 0 aromatic heterocycles. The van der Waals surface area contributed by atoms with E-state index in [1.54, 1.807) is 12.1 Å². The molecule has 2 N–H and O–H groups in total. The Morgan fingerprint density at radius 3 is 2.40 bits per heavy atom. The van der Waals surface area contributed by atoms with Crippen LogP contribution in [0.1, 0.15) is 11.1 Å². The zero-order valence-corrected chi connectivity index (χ0v) is 11.0. The van der Waals surface area contributed by atoms with Gasteiger partial charge in [0.05, 0.1) is 5.56 Å². The van der Waals surface area contributed by atoms with Gasteiger partial charge in [0.15, 0.2) is 0 Å². The van der Waals surface area contributed by atoms with Crippen LogP contribution in [0.25, 0.3) is 0 Å². The van der Waals surface area contributed by atoms with Gasteiger partial charge >= 0.3 is 6.18 Å². The molecule has 0 atom stereocenters. The van der Waals surface area contributed by atoms with E-state index in [0.29, 0.717) is 10.6 Å². The third-order valence-corrected chi connectivity index (χ3v) is 3.14. The number of halogens is 4. The molecule has 0 spiro atoms. The average molecular weight is 302 g/mol. The van der Waals surface area contributed by atoms with E-state index in [4.69, 9.17) is 11.6 Å². The molecule has 2 rings (SSSR count). The first kappa shape index (κ1) is 14.5.